The van der Waals surface area contributed by atoms with Crippen LogP contribution in [0.3, 0.4) is 0 Å². The van der Waals surface area contributed by atoms with Crippen molar-refractivity contribution < 1.29 is 9.59 Å². The molecular weight excluding hydrogens is 358 g/mol. The van der Waals surface area contributed by atoms with Gasteiger partial charge in [0.05, 0.1) is 11.6 Å². The second-order valence-electron chi connectivity index (χ2n) is 6.11. The van der Waals surface area contributed by atoms with Gasteiger partial charge in [0.15, 0.2) is 0 Å². The molecule has 0 atom stereocenters. The van der Waals surface area contributed by atoms with Crippen molar-refractivity contribution in [3.05, 3.63) is 75.9 Å². The normalized spacial score (nSPS) is 13.5. The number of carbonyl (C=O) groups excluding carboxylic acids is 2. The van der Waals surface area contributed by atoms with Crippen molar-refractivity contribution in [2.45, 2.75) is 32.6 Å². The van der Waals surface area contributed by atoms with Crippen molar-refractivity contribution in [3.8, 4) is 0 Å². The molecule has 1 N–H and O–H groups in total. The number of aryl methyl sites for hydroxylation is 1. The van der Waals surface area contributed by atoms with E-state index < -0.39 is 0 Å². The maximum Gasteiger partial charge on any atom is 0.224 e. The first-order valence-electron chi connectivity index (χ1n) is 8.77. The number of allylic oxidation sites excluding steroid dienone is 3. The second-order valence-corrected chi connectivity index (χ2v) is 7.22. The summed E-state index contributed by atoms with van der Waals surface area (Å²) < 4.78 is 0. The molecule has 0 saturated carbocycles. The molecule has 0 unspecified atom stereocenters. The van der Waals surface area contributed by atoms with Gasteiger partial charge in [-0.15, -0.1) is 11.3 Å². The summed E-state index contributed by atoms with van der Waals surface area (Å²) in [5.41, 5.74) is 2.27. The molecule has 0 spiro atoms. The fourth-order valence-corrected chi connectivity index (χ4v) is 4.20. The van der Waals surface area contributed by atoms with Gasteiger partial charge in [-0.3, -0.25) is 9.59 Å². The summed E-state index contributed by atoms with van der Waals surface area (Å²) in [6.07, 6.45) is 10.2. The summed E-state index contributed by atoms with van der Waals surface area (Å²) in [6, 6.07) is 4.80. The van der Waals surface area contributed by atoms with Crippen molar-refractivity contribution in [2.75, 3.05) is 5.32 Å². The first-order valence-corrected chi connectivity index (χ1v) is 9.59. The molecule has 6 heteroatoms. The molecule has 5 nitrogen and oxygen atoms in total. The maximum absolute atomic E-state index is 12.3. The zero-order valence-corrected chi connectivity index (χ0v) is 15.8. The number of pyridine rings is 1. The maximum atomic E-state index is 12.3. The Morgan fingerprint density at radius 1 is 1.19 bits per heavy atom. The lowest BCUT2D eigenvalue weighted by Crippen LogP contribution is -2.05. The molecule has 0 bridgehead atoms. The van der Waals surface area contributed by atoms with Crippen molar-refractivity contribution in [2.24, 2.45) is 0 Å². The van der Waals surface area contributed by atoms with Gasteiger partial charge in [0.1, 0.15) is 11.4 Å². The van der Waals surface area contributed by atoms with Gasteiger partial charge in [-0.2, -0.15) is 0 Å². The molecule has 0 radical (unpaired) electrons. The van der Waals surface area contributed by atoms with Gasteiger partial charge in [-0.1, -0.05) is 18.6 Å². The third-order valence-electron chi connectivity index (χ3n) is 4.28. The number of hydrogen-bond acceptors (Lipinski definition) is 5. The number of hydrogen-bond donors (Lipinski definition) is 1. The molecule has 0 saturated heterocycles. The largest absolute Gasteiger partial charge is 0.362 e. The summed E-state index contributed by atoms with van der Waals surface area (Å²) in [6.45, 7) is 9.20. The number of aromatic nitrogens is 1. The monoisotopic (exact) mass is 377 g/mol. The molecule has 0 aromatic carbocycles. The number of nitrogens with zero attached hydrogens (tertiary/aromatic N) is 2. The Bertz CT molecular complexity index is 980. The van der Waals surface area contributed by atoms with Crippen LogP contribution >= 0.6 is 11.3 Å². The van der Waals surface area contributed by atoms with E-state index >= 15 is 0 Å². The summed E-state index contributed by atoms with van der Waals surface area (Å²) in [5, 5.41) is 3.86. The molecular formula is C21H19N3O2S. The van der Waals surface area contributed by atoms with E-state index in [9.17, 15) is 9.59 Å². The predicted octanol–water partition coefficient (Wildman–Crippen LogP) is 5.14. The zero-order chi connectivity index (χ0) is 19.2. The molecule has 1 aliphatic rings. The van der Waals surface area contributed by atoms with Crippen LogP contribution in [0.4, 0.5) is 10.7 Å². The van der Waals surface area contributed by atoms with Crippen molar-refractivity contribution >= 4 is 33.6 Å². The highest BCUT2D eigenvalue weighted by Crippen LogP contribution is 2.43. The van der Waals surface area contributed by atoms with Gasteiger partial charge >= 0.3 is 0 Å². The zero-order valence-electron chi connectivity index (χ0n) is 15.0. The van der Waals surface area contributed by atoms with E-state index in [2.05, 4.69) is 15.1 Å². The van der Waals surface area contributed by atoms with Gasteiger partial charge < -0.3 is 5.32 Å². The Kier molecular flexibility index (Phi) is 5.94. The van der Waals surface area contributed by atoms with E-state index in [1.807, 2.05) is 0 Å². The molecule has 0 aliphatic heterocycles. The van der Waals surface area contributed by atoms with Crippen LogP contribution < -0.4 is 5.32 Å². The minimum Gasteiger partial charge on any atom is -0.362 e. The topological polar surface area (TPSA) is 63.4 Å². The van der Waals surface area contributed by atoms with E-state index in [0.29, 0.717) is 5.69 Å². The number of fused-ring (bicyclic) bond motifs is 1. The van der Waals surface area contributed by atoms with Crippen LogP contribution in [0.25, 0.3) is 4.85 Å². The Morgan fingerprint density at radius 2 is 1.89 bits per heavy atom. The van der Waals surface area contributed by atoms with E-state index in [0.717, 1.165) is 36.2 Å². The molecule has 1 aliphatic carbocycles. The summed E-state index contributed by atoms with van der Waals surface area (Å²) in [7, 11) is 0. The summed E-state index contributed by atoms with van der Waals surface area (Å²) in [5.74, 6) is -0.538. The molecule has 0 amide bonds. The van der Waals surface area contributed by atoms with Crippen LogP contribution in [0.2, 0.25) is 0 Å². The quantitative estimate of drug-likeness (QED) is 0.430. The van der Waals surface area contributed by atoms with Gasteiger partial charge in [0.2, 0.25) is 17.3 Å². The molecule has 27 heavy (non-hydrogen) atoms. The van der Waals surface area contributed by atoms with Gasteiger partial charge in [-0.25, -0.2) is 9.83 Å². The molecule has 2 aromatic rings. The Labute approximate surface area is 162 Å². The fourth-order valence-electron chi connectivity index (χ4n) is 2.99. The number of anilines is 1. The van der Waals surface area contributed by atoms with Crippen LogP contribution in [0.15, 0.2) is 42.6 Å². The standard InChI is InChI=1S/C21H19N3O2S/c1-3-7-17(25)15-9-6-10-16(24-15)18(26)12-13-23-21-20(22-2)14-8-4-5-11-19(14)27-21/h3,6-7,9-10,12-13,23H,4-5,8,11H2,1H3/b7-3+,13-12-. The highest BCUT2D eigenvalue weighted by atomic mass is 32.1. The minimum atomic E-state index is -0.302. The number of thiophene rings is 1. The first-order chi connectivity index (χ1) is 13.1. The molecule has 0 fully saturated rings. The first kappa shape index (κ1) is 18.7. The molecule has 2 aromatic heterocycles. The van der Waals surface area contributed by atoms with E-state index in [4.69, 9.17) is 6.57 Å². The predicted molar refractivity (Wildman–Crippen MR) is 108 cm³/mol. The van der Waals surface area contributed by atoms with Crippen molar-refractivity contribution in [1.29, 1.82) is 0 Å². The Hall–Kier alpha value is -3.04. The van der Waals surface area contributed by atoms with Crippen LogP contribution in [0.5, 0.6) is 0 Å². The molecule has 3 rings (SSSR count). The second kappa shape index (κ2) is 8.56. The number of ketones is 2. The average Bonchev–Trinajstić information content (AvgIpc) is 3.05. The molecule has 2 heterocycles. The lowest BCUT2D eigenvalue weighted by Gasteiger charge is -2.09. The Balaban J connectivity index is 1.73. The third-order valence-corrected chi connectivity index (χ3v) is 5.49. The van der Waals surface area contributed by atoms with Gasteiger partial charge in [0, 0.05) is 12.3 Å². The number of nitrogens with one attached hydrogen (secondary N) is 1. The SMILES string of the molecule is [C-]#[N+]c1c(N/C=C\C(=O)c2cccc(C(=O)/C=C/C)n2)sc2c1CCCC2. The van der Waals surface area contributed by atoms with Crippen molar-refractivity contribution in [3.63, 3.8) is 0 Å². The summed E-state index contributed by atoms with van der Waals surface area (Å²) in [4.78, 5) is 33.3. The highest BCUT2D eigenvalue weighted by molar-refractivity contribution is 7.17. The Morgan fingerprint density at radius 3 is 2.59 bits per heavy atom. The van der Waals surface area contributed by atoms with E-state index in [1.165, 1.54) is 23.2 Å². The lowest BCUT2D eigenvalue weighted by molar-refractivity contribution is 0.103. The fraction of sp³-hybridized carbons (Fsp3) is 0.238. The van der Waals surface area contributed by atoms with Crippen LogP contribution in [-0.2, 0) is 12.8 Å². The van der Waals surface area contributed by atoms with E-state index in [1.54, 1.807) is 42.5 Å². The highest BCUT2D eigenvalue weighted by Gasteiger charge is 2.20. The molecule has 136 valence electrons. The summed E-state index contributed by atoms with van der Waals surface area (Å²) >= 11 is 1.59. The smallest absolute Gasteiger partial charge is 0.224 e. The van der Waals surface area contributed by atoms with Crippen LogP contribution in [-0.4, -0.2) is 16.6 Å². The van der Waals surface area contributed by atoms with Gasteiger partial charge in [-0.05, 0) is 54.8 Å². The van der Waals surface area contributed by atoms with Crippen molar-refractivity contribution in [1.82, 2.24) is 4.98 Å². The lowest BCUT2D eigenvalue weighted by atomic mass is 9.98. The average molecular weight is 377 g/mol. The van der Waals surface area contributed by atoms with E-state index in [-0.39, 0.29) is 23.0 Å². The van der Waals surface area contributed by atoms with Crippen LogP contribution in [0, 0.1) is 6.57 Å². The minimum absolute atomic E-state index is 0.208. The van der Waals surface area contributed by atoms with Gasteiger partial charge in [0.25, 0.3) is 0 Å². The number of rotatable bonds is 6. The van der Waals surface area contributed by atoms with Crippen LogP contribution in [0.1, 0.15) is 51.2 Å². The number of carbonyl (C=O) groups is 2. The third kappa shape index (κ3) is 4.21.